The molecule has 3 rings (SSSR count). The van der Waals surface area contributed by atoms with Crippen LogP contribution in [0.3, 0.4) is 0 Å². The quantitative estimate of drug-likeness (QED) is 0.304. The topological polar surface area (TPSA) is 96.0 Å². The Morgan fingerprint density at radius 3 is 2.07 bits per heavy atom. The lowest BCUT2D eigenvalue weighted by atomic mass is 10.1. The molecule has 10 heteroatoms. The Bertz CT molecular complexity index is 1410. The Hall–Kier alpha value is -3.92. The van der Waals surface area contributed by atoms with Crippen molar-refractivity contribution in [1.82, 2.24) is 10.2 Å². The van der Waals surface area contributed by atoms with Crippen LogP contribution in [0.5, 0.6) is 5.75 Å². The fourth-order valence-corrected chi connectivity index (χ4v) is 5.68. The van der Waals surface area contributed by atoms with E-state index in [1.165, 1.54) is 48.4 Å². The Morgan fingerprint density at radius 1 is 0.927 bits per heavy atom. The van der Waals surface area contributed by atoms with Gasteiger partial charge in [-0.25, -0.2) is 12.8 Å². The minimum Gasteiger partial charge on any atom is -0.497 e. The molecule has 1 N–H and O–H groups in total. The number of sulfonamides is 1. The van der Waals surface area contributed by atoms with Crippen molar-refractivity contribution < 1.29 is 27.1 Å². The number of ether oxygens (including phenoxy) is 1. The van der Waals surface area contributed by atoms with Gasteiger partial charge in [0.2, 0.25) is 11.8 Å². The van der Waals surface area contributed by atoms with E-state index in [0.717, 1.165) is 27.6 Å². The summed E-state index contributed by atoms with van der Waals surface area (Å²) in [5.41, 5.74) is 1.95. The fourth-order valence-electron chi connectivity index (χ4n) is 4.26. The third kappa shape index (κ3) is 8.07. The summed E-state index contributed by atoms with van der Waals surface area (Å²) in [6.45, 7) is 7.10. The standard InChI is InChI=1S/C31H38FN3O5S/c1-6-23(4)33-31(37)29(7-2)34(20-24-10-8-22(3)9-11-24)30(36)21-35(26-14-12-25(32)13-15-26)41(38,39)28-18-16-27(40-5)17-19-28/h8-19,23,29H,6-7,20-21H2,1-5H3,(H,33,37)/t23-,29-/m0/s1. The van der Waals surface area contributed by atoms with E-state index in [-0.39, 0.29) is 29.1 Å². The molecule has 0 radical (unpaired) electrons. The van der Waals surface area contributed by atoms with E-state index >= 15 is 0 Å². The summed E-state index contributed by atoms with van der Waals surface area (Å²) in [5.74, 6) is -0.960. The van der Waals surface area contributed by atoms with Crippen molar-refractivity contribution in [3.8, 4) is 5.75 Å². The Kier molecular flexibility index (Phi) is 10.9. The minimum absolute atomic E-state index is 0.0675. The summed E-state index contributed by atoms with van der Waals surface area (Å²) in [5, 5.41) is 2.95. The molecule has 2 atom stereocenters. The number of rotatable bonds is 13. The van der Waals surface area contributed by atoms with Gasteiger partial charge in [-0.2, -0.15) is 0 Å². The van der Waals surface area contributed by atoms with Gasteiger partial charge < -0.3 is 15.0 Å². The van der Waals surface area contributed by atoms with Crippen LogP contribution in [0.15, 0.2) is 77.7 Å². The molecule has 0 saturated carbocycles. The van der Waals surface area contributed by atoms with Crippen molar-refractivity contribution in [2.75, 3.05) is 18.0 Å². The van der Waals surface area contributed by atoms with E-state index < -0.39 is 34.3 Å². The molecule has 3 aromatic carbocycles. The van der Waals surface area contributed by atoms with Gasteiger partial charge in [0.05, 0.1) is 17.7 Å². The van der Waals surface area contributed by atoms with Crippen molar-refractivity contribution in [1.29, 1.82) is 0 Å². The van der Waals surface area contributed by atoms with Crippen molar-refractivity contribution in [2.24, 2.45) is 0 Å². The highest BCUT2D eigenvalue weighted by atomic mass is 32.2. The summed E-state index contributed by atoms with van der Waals surface area (Å²) in [6, 6.07) is 17.3. The van der Waals surface area contributed by atoms with Gasteiger partial charge >= 0.3 is 0 Å². The number of nitrogens with zero attached hydrogens (tertiary/aromatic N) is 2. The Balaban J connectivity index is 2.05. The van der Waals surface area contributed by atoms with Crippen LogP contribution in [-0.2, 0) is 26.2 Å². The second-order valence-electron chi connectivity index (χ2n) is 9.91. The number of anilines is 1. The van der Waals surface area contributed by atoms with Gasteiger partial charge in [0.1, 0.15) is 24.2 Å². The van der Waals surface area contributed by atoms with Crippen molar-refractivity contribution in [2.45, 2.75) is 64.1 Å². The molecule has 0 aliphatic rings. The second kappa shape index (κ2) is 14.1. The molecule has 3 aromatic rings. The average molecular weight is 584 g/mol. The van der Waals surface area contributed by atoms with Gasteiger partial charge in [0, 0.05) is 12.6 Å². The molecule has 0 bridgehead atoms. The zero-order valence-corrected chi connectivity index (χ0v) is 24.9. The average Bonchev–Trinajstić information content (AvgIpc) is 2.97. The maximum Gasteiger partial charge on any atom is 0.264 e. The summed E-state index contributed by atoms with van der Waals surface area (Å²) in [6.07, 6.45) is 1.04. The number of methoxy groups -OCH3 is 1. The zero-order chi connectivity index (χ0) is 30.2. The maximum absolute atomic E-state index is 14.0. The summed E-state index contributed by atoms with van der Waals surface area (Å²) in [4.78, 5) is 28.7. The predicted molar refractivity (Wildman–Crippen MR) is 158 cm³/mol. The van der Waals surface area contributed by atoms with Crippen molar-refractivity contribution in [3.63, 3.8) is 0 Å². The van der Waals surface area contributed by atoms with E-state index in [4.69, 9.17) is 4.74 Å². The number of benzene rings is 3. The molecule has 220 valence electrons. The van der Waals surface area contributed by atoms with Crippen LogP contribution >= 0.6 is 0 Å². The highest BCUT2D eigenvalue weighted by Gasteiger charge is 2.34. The summed E-state index contributed by atoms with van der Waals surface area (Å²) < 4.78 is 47.6. The van der Waals surface area contributed by atoms with Crippen LogP contribution in [0.25, 0.3) is 0 Å². The van der Waals surface area contributed by atoms with Crippen LogP contribution in [-0.4, -0.2) is 50.9 Å². The minimum atomic E-state index is -4.27. The van der Waals surface area contributed by atoms with Gasteiger partial charge in [0.25, 0.3) is 10.0 Å². The normalized spacial score (nSPS) is 12.7. The number of nitrogens with one attached hydrogen (secondary N) is 1. The third-order valence-corrected chi connectivity index (χ3v) is 8.69. The lowest BCUT2D eigenvalue weighted by Gasteiger charge is -2.33. The smallest absolute Gasteiger partial charge is 0.264 e. The molecule has 0 heterocycles. The maximum atomic E-state index is 14.0. The van der Waals surface area contributed by atoms with Gasteiger partial charge in [-0.3, -0.25) is 13.9 Å². The first-order valence-electron chi connectivity index (χ1n) is 13.6. The lowest BCUT2D eigenvalue weighted by molar-refractivity contribution is -0.140. The van der Waals surface area contributed by atoms with E-state index in [1.807, 2.05) is 52.0 Å². The monoisotopic (exact) mass is 583 g/mol. The molecule has 0 unspecified atom stereocenters. The lowest BCUT2D eigenvalue weighted by Crippen LogP contribution is -2.53. The molecular formula is C31H38FN3O5S. The molecular weight excluding hydrogens is 545 g/mol. The van der Waals surface area contributed by atoms with Gasteiger partial charge in [-0.1, -0.05) is 43.7 Å². The number of hydrogen-bond donors (Lipinski definition) is 1. The molecule has 2 amide bonds. The highest BCUT2D eigenvalue weighted by Crippen LogP contribution is 2.26. The van der Waals surface area contributed by atoms with Crippen molar-refractivity contribution >= 4 is 27.5 Å². The first-order valence-corrected chi connectivity index (χ1v) is 15.0. The number of amides is 2. The number of hydrogen-bond acceptors (Lipinski definition) is 5. The molecule has 0 aliphatic heterocycles. The largest absolute Gasteiger partial charge is 0.497 e. The molecule has 0 fully saturated rings. The summed E-state index contributed by atoms with van der Waals surface area (Å²) in [7, 11) is -2.80. The zero-order valence-electron chi connectivity index (χ0n) is 24.1. The fraction of sp³-hybridized carbons (Fsp3) is 0.355. The highest BCUT2D eigenvalue weighted by molar-refractivity contribution is 7.92. The first-order chi connectivity index (χ1) is 19.5. The molecule has 0 saturated heterocycles. The van der Waals surface area contributed by atoms with Crippen LogP contribution in [0.4, 0.5) is 10.1 Å². The van der Waals surface area contributed by atoms with Crippen LogP contribution in [0.2, 0.25) is 0 Å². The molecule has 0 aliphatic carbocycles. The Labute approximate surface area is 242 Å². The SMILES string of the molecule is CC[C@H](C)NC(=O)[C@H](CC)N(Cc1ccc(C)cc1)C(=O)CN(c1ccc(F)cc1)S(=O)(=O)c1ccc(OC)cc1. The van der Waals surface area contributed by atoms with E-state index in [2.05, 4.69) is 5.32 Å². The third-order valence-electron chi connectivity index (χ3n) is 6.90. The number of aryl methyl sites for hydroxylation is 1. The van der Waals surface area contributed by atoms with Crippen LogP contribution in [0, 0.1) is 12.7 Å². The molecule has 8 nitrogen and oxygen atoms in total. The molecule has 0 aromatic heterocycles. The number of halogens is 1. The Morgan fingerprint density at radius 2 is 1.54 bits per heavy atom. The summed E-state index contributed by atoms with van der Waals surface area (Å²) >= 11 is 0. The van der Waals surface area contributed by atoms with E-state index in [1.54, 1.807) is 0 Å². The van der Waals surface area contributed by atoms with Gasteiger partial charge in [0.15, 0.2) is 0 Å². The number of carbonyl (C=O) groups excluding carboxylic acids is 2. The number of carbonyl (C=O) groups is 2. The molecule has 41 heavy (non-hydrogen) atoms. The van der Waals surface area contributed by atoms with Gasteiger partial charge in [-0.15, -0.1) is 0 Å². The molecule has 0 spiro atoms. The second-order valence-corrected chi connectivity index (χ2v) is 11.8. The van der Waals surface area contributed by atoms with Crippen molar-refractivity contribution in [3.05, 3.63) is 89.7 Å². The van der Waals surface area contributed by atoms with Crippen LogP contribution in [0.1, 0.15) is 44.7 Å². The predicted octanol–water partition coefficient (Wildman–Crippen LogP) is 5.06. The van der Waals surface area contributed by atoms with Gasteiger partial charge in [-0.05, 0) is 80.8 Å². The van der Waals surface area contributed by atoms with E-state index in [9.17, 15) is 22.4 Å². The first kappa shape index (κ1) is 31.6. The van der Waals surface area contributed by atoms with Crippen LogP contribution < -0.4 is 14.4 Å². The van der Waals surface area contributed by atoms with E-state index in [0.29, 0.717) is 18.6 Å².